The summed E-state index contributed by atoms with van der Waals surface area (Å²) in [5.74, 6) is 0. The molecule has 2 heteroatoms. The van der Waals surface area contributed by atoms with Crippen molar-refractivity contribution in [1.82, 2.24) is 4.98 Å². The number of hydrogen-bond donors (Lipinski definition) is 0. The van der Waals surface area contributed by atoms with E-state index in [4.69, 9.17) is 0 Å². The summed E-state index contributed by atoms with van der Waals surface area (Å²) in [7, 11) is 4.19. The number of rotatable bonds is 1. The molecule has 0 atom stereocenters. The average Bonchev–Trinajstić information content (AvgIpc) is 2.13. The average molecular weight is 234 g/mol. The standard InChI is InChI=1S/C15H26N2/c1-14(2,3)12-11(17(7)8)9-10-16-13(12)15(4,5)6/h9-10H,1-8H3. The van der Waals surface area contributed by atoms with E-state index in [1.165, 1.54) is 16.9 Å². The van der Waals surface area contributed by atoms with Crippen LogP contribution in [0.1, 0.15) is 52.8 Å². The third-order valence-corrected chi connectivity index (χ3v) is 2.87. The number of aromatic nitrogens is 1. The molecule has 2 nitrogen and oxygen atoms in total. The smallest absolute Gasteiger partial charge is 0.0514 e. The third kappa shape index (κ3) is 2.99. The molecular formula is C15H26N2. The van der Waals surface area contributed by atoms with Crippen molar-refractivity contribution in [2.24, 2.45) is 0 Å². The van der Waals surface area contributed by atoms with Gasteiger partial charge in [0.1, 0.15) is 0 Å². The molecule has 0 N–H and O–H groups in total. The first-order valence-corrected chi connectivity index (χ1v) is 6.22. The van der Waals surface area contributed by atoms with Gasteiger partial charge < -0.3 is 4.90 Å². The molecular weight excluding hydrogens is 208 g/mol. The Morgan fingerprint density at radius 3 is 1.82 bits per heavy atom. The molecule has 1 rings (SSSR count). The Kier molecular flexibility index (Phi) is 3.56. The molecule has 0 radical (unpaired) electrons. The molecule has 0 unspecified atom stereocenters. The molecule has 1 aromatic heterocycles. The van der Waals surface area contributed by atoms with Crippen LogP contribution < -0.4 is 4.90 Å². The maximum Gasteiger partial charge on any atom is 0.0514 e. The van der Waals surface area contributed by atoms with Crippen LogP contribution in [-0.4, -0.2) is 19.1 Å². The first-order valence-electron chi connectivity index (χ1n) is 6.22. The van der Waals surface area contributed by atoms with E-state index >= 15 is 0 Å². The van der Waals surface area contributed by atoms with E-state index in [9.17, 15) is 0 Å². The van der Waals surface area contributed by atoms with Gasteiger partial charge in [-0.15, -0.1) is 0 Å². The van der Waals surface area contributed by atoms with Crippen LogP contribution in [0.25, 0.3) is 0 Å². The highest BCUT2D eigenvalue weighted by atomic mass is 15.1. The first kappa shape index (κ1) is 14.0. The highest BCUT2D eigenvalue weighted by Gasteiger charge is 2.29. The SMILES string of the molecule is CN(C)c1ccnc(C(C)(C)C)c1C(C)(C)C. The van der Waals surface area contributed by atoms with Crippen molar-refractivity contribution in [3.8, 4) is 0 Å². The monoisotopic (exact) mass is 234 g/mol. The van der Waals surface area contributed by atoms with Gasteiger partial charge in [-0.25, -0.2) is 0 Å². The van der Waals surface area contributed by atoms with Crippen LogP contribution in [0.4, 0.5) is 5.69 Å². The molecule has 1 heterocycles. The van der Waals surface area contributed by atoms with Crippen LogP contribution >= 0.6 is 0 Å². The quantitative estimate of drug-likeness (QED) is 0.736. The third-order valence-electron chi connectivity index (χ3n) is 2.87. The Bertz CT molecular complexity index is 392. The molecule has 96 valence electrons. The molecule has 0 aliphatic carbocycles. The van der Waals surface area contributed by atoms with Crippen molar-refractivity contribution in [1.29, 1.82) is 0 Å². The van der Waals surface area contributed by atoms with Gasteiger partial charge >= 0.3 is 0 Å². The van der Waals surface area contributed by atoms with E-state index in [1.807, 2.05) is 6.20 Å². The Labute approximate surface area is 106 Å². The molecule has 0 spiro atoms. The van der Waals surface area contributed by atoms with Crippen LogP contribution in [0.2, 0.25) is 0 Å². The van der Waals surface area contributed by atoms with Crippen LogP contribution in [-0.2, 0) is 10.8 Å². The Morgan fingerprint density at radius 2 is 1.47 bits per heavy atom. The minimum Gasteiger partial charge on any atom is -0.377 e. The van der Waals surface area contributed by atoms with E-state index in [0.29, 0.717) is 0 Å². The number of pyridine rings is 1. The summed E-state index contributed by atoms with van der Waals surface area (Å²) < 4.78 is 0. The van der Waals surface area contributed by atoms with Gasteiger partial charge in [0.15, 0.2) is 0 Å². The lowest BCUT2D eigenvalue weighted by Gasteiger charge is -2.33. The molecule has 1 aromatic rings. The van der Waals surface area contributed by atoms with E-state index in [-0.39, 0.29) is 10.8 Å². The minimum atomic E-state index is 0.0780. The van der Waals surface area contributed by atoms with Gasteiger partial charge in [0.25, 0.3) is 0 Å². The summed E-state index contributed by atoms with van der Waals surface area (Å²) >= 11 is 0. The topological polar surface area (TPSA) is 16.1 Å². The van der Waals surface area contributed by atoms with Gasteiger partial charge in [-0.3, -0.25) is 4.98 Å². The molecule has 0 fully saturated rings. The van der Waals surface area contributed by atoms with E-state index in [0.717, 1.165) is 0 Å². The van der Waals surface area contributed by atoms with Gasteiger partial charge in [-0.05, 0) is 11.5 Å². The van der Waals surface area contributed by atoms with Crippen LogP contribution in [0, 0.1) is 0 Å². The predicted molar refractivity (Wildman–Crippen MR) is 76.0 cm³/mol. The van der Waals surface area contributed by atoms with Gasteiger partial charge in [0, 0.05) is 37.0 Å². The Morgan fingerprint density at radius 1 is 0.941 bits per heavy atom. The predicted octanol–water partition coefficient (Wildman–Crippen LogP) is 3.74. The Balaban J connectivity index is 3.58. The molecule has 17 heavy (non-hydrogen) atoms. The molecule has 0 aliphatic rings. The highest BCUT2D eigenvalue weighted by molar-refractivity contribution is 5.58. The summed E-state index contributed by atoms with van der Waals surface area (Å²) in [5, 5.41) is 0. The van der Waals surface area contributed by atoms with Crippen molar-refractivity contribution in [3.05, 3.63) is 23.5 Å². The minimum absolute atomic E-state index is 0.0780. The van der Waals surface area contributed by atoms with Crippen LogP contribution in [0.5, 0.6) is 0 Å². The maximum absolute atomic E-state index is 4.63. The van der Waals surface area contributed by atoms with Crippen molar-refractivity contribution < 1.29 is 0 Å². The van der Waals surface area contributed by atoms with E-state index in [2.05, 4.69) is 71.6 Å². The normalized spacial score (nSPS) is 12.7. The van der Waals surface area contributed by atoms with Gasteiger partial charge in [0.2, 0.25) is 0 Å². The largest absolute Gasteiger partial charge is 0.377 e. The van der Waals surface area contributed by atoms with Crippen molar-refractivity contribution in [2.75, 3.05) is 19.0 Å². The molecule has 0 bridgehead atoms. The molecule has 0 saturated heterocycles. The fourth-order valence-corrected chi connectivity index (χ4v) is 2.13. The second-order valence-electron chi connectivity index (χ2n) is 6.95. The maximum atomic E-state index is 4.63. The summed E-state index contributed by atoms with van der Waals surface area (Å²) in [6.45, 7) is 13.4. The molecule has 0 aliphatic heterocycles. The lowest BCUT2D eigenvalue weighted by molar-refractivity contribution is 0.514. The van der Waals surface area contributed by atoms with Gasteiger partial charge in [-0.1, -0.05) is 41.5 Å². The highest BCUT2D eigenvalue weighted by Crippen LogP contribution is 2.37. The zero-order valence-corrected chi connectivity index (χ0v) is 12.5. The van der Waals surface area contributed by atoms with E-state index in [1.54, 1.807) is 0 Å². The van der Waals surface area contributed by atoms with Crippen molar-refractivity contribution in [3.63, 3.8) is 0 Å². The fraction of sp³-hybridized carbons (Fsp3) is 0.667. The second-order valence-corrected chi connectivity index (χ2v) is 6.95. The van der Waals surface area contributed by atoms with Crippen molar-refractivity contribution >= 4 is 5.69 Å². The lowest BCUT2D eigenvalue weighted by atomic mass is 9.77. The fourth-order valence-electron chi connectivity index (χ4n) is 2.13. The zero-order chi connectivity index (χ0) is 13.4. The second kappa shape index (κ2) is 4.32. The summed E-state index contributed by atoms with van der Waals surface area (Å²) in [4.78, 5) is 6.81. The summed E-state index contributed by atoms with van der Waals surface area (Å²) in [6.07, 6.45) is 1.92. The molecule has 0 amide bonds. The van der Waals surface area contributed by atoms with Crippen LogP contribution in [0.15, 0.2) is 12.3 Å². The van der Waals surface area contributed by atoms with Gasteiger partial charge in [0.05, 0.1) is 5.69 Å². The van der Waals surface area contributed by atoms with E-state index < -0.39 is 0 Å². The number of hydrogen-bond acceptors (Lipinski definition) is 2. The molecule has 0 saturated carbocycles. The Hall–Kier alpha value is -1.05. The summed E-state index contributed by atoms with van der Waals surface area (Å²) in [5.41, 5.74) is 4.02. The van der Waals surface area contributed by atoms with Crippen LogP contribution in [0.3, 0.4) is 0 Å². The zero-order valence-electron chi connectivity index (χ0n) is 12.5. The molecule has 0 aromatic carbocycles. The lowest BCUT2D eigenvalue weighted by Crippen LogP contribution is -2.27. The first-order chi connectivity index (χ1) is 7.55. The number of anilines is 1. The van der Waals surface area contributed by atoms with Gasteiger partial charge in [-0.2, -0.15) is 0 Å². The summed E-state index contributed by atoms with van der Waals surface area (Å²) in [6, 6.07) is 2.11. The van der Waals surface area contributed by atoms with Crippen molar-refractivity contribution in [2.45, 2.75) is 52.4 Å². The number of nitrogens with zero attached hydrogens (tertiary/aromatic N) is 2.